The first kappa shape index (κ1) is 16.3. The number of aryl methyl sites for hydroxylation is 1. The maximum absolute atomic E-state index is 12.5. The van der Waals surface area contributed by atoms with E-state index in [-0.39, 0.29) is 5.91 Å². The second kappa shape index (κ2) is 7.37. The van der Waals surface area contributed by atoms with Crippen LogP contribution in [-0.2, 0) is 17.8 Å². The summed E-state index contributed by atoms with van der Waals surface area (Å²) in [4.78, 5) is 22.9. The normalized spacial score (nSPS) is 15.8. The molecule has 4 heterocycles. The van der Waals surface area contributed by atoms with Gasteiger partial charge in [0.25, 0.3) is 0 Å². The molecule has 1 fully saturated rings. The van der Waals surface area contributed by atoms with Crippen LogP contribution in [0.25, 0.3) is 5.65 Å². The second-order valence-electron chi connectivity index (χ2n) is 6.43. The lowest BCUT2D eigenvalue weighted by Gasteiger charge is -2.34. The van der Waals surface area contributed by atoms with Gasteiger partial charge in [0.2, 0.25) is 5.91 Å². The van der Waals surface area contributed by atoms with Gasteiger partial charge in [-0.25, -0.2) is 4.98 Å². The van der Waals surface area contributed by atoms with Crippen LogP contribution >= 0.6 is 11.3 Å². The Morgan fingerprint density at radius 3 is 2.76 bits per heavy atom. The van der Waals surface area contributed by atoms with E-state index in [0.29, 0.717) is 12.8 Å². The van der Waals surface area contributed by atoms with Gasteiger partial charge in [-0.15, -0.1) is 11.3 Å². The number of hydrogen-bond donors (Lipinski definition) is 0. The molecule has 0 unspecified atom stereocenters. The number of amides is 1. The first-order valence-corrected chi connectivity index (χ1v) is 9.61. The third kappa shape index (κ3) is 3.91. The number of aromatic nitrogens is 2. The number of fused-ring (bicyclic) bond motifs is 1. The number of piperazine rings is 1. The van der Waals surface area contributed by atoms with Crippen LogP contribution < -0.4 is 0 Å². The molecule has 25 heavy (non-hydrogen) atoms. The van der Waals surface area contributed by atoms with Crippen molar-refractivity contribution >= 4 is 22.9 Å². The summed E-state index contributed by atoms with van der Waals surface area (Å²) in [5.74, 6) is 0.243. The molecule has 0 saturated carbocycles. The number of hydrogen-bond acceptors (Lipinski definition) is 4. The molecule has 0 aromatic carbocycles. The van der Waals surface area contributed by atoms with E-state index in [1.54, 1.807) is 11.3 Å². The largest absolute Gasteiger partial charge is 0.340 e. The maximum atomic E-state index is 12.5. The number of nitrogens with zero attached hydrogens (tertiary/aromatic N) is 4. The molecular weight excluding hydrogens is 332 g/mol. The molecule has 0 N–H and O–H groups in total. The first-order chi connectivity index (χ1) is 12.3. The van der Waals surface area contributed by atoms with Crippen LogP contribution in [0.4, 0.5) is 0 Å². The van der Waals surface area contributed by atoms with Crippen molar-refractivity contribution in [3.05, 3.63) is 58.7 Å². The van der Waals surface area contributed by atoms with Crippen molar-refractivity contribution < 1.29 is 4.79 Å². The highest BCUT2D eigenvalue weighted by molar-refractivity contribution is 7.09. The summed E-state index contributed by atoms with van der Waals surface area (Å²) in [7, 11) is 0. The molecule has 5 nitrogen and oxygen atoms in total. The molecule has 0 aliphatic carbocycles. The lowest BCUT2D eigenvalue weighted by atomic mass is 10.2. The molecule has 1 aliphatic rings. The number of pyridine rings is 1. The summed E-state index contributed by atoms with van der Waals surface area (Å²) < 4.78 is 2.00. The lowest BCUT2D eigenvalue weighted by Crippen LogP contribution is -2.48. The van der Waals surface area contributed by atoms with E-state index in [9.17, 15) is 4.79 Å². The minimum absolute atomic E-state index is 0.243. The molecule has 0 spiro atoms. The lowest BCUT2D eigenvalue weighted by molar-refractivity contribution is -0.133. The molecule has 0 bridgehead atoms. The van der Waals surface area contributed by atoms with Crippen molar-refractivity contribution in [2.75, 3.05) is 26.2 Å². The topological polar surface area (TPSA) is 40.9 Å². The molecule has 6 heteroatoms. The van der Waals surface area contributed by atoms with E-state index >= 15 is 0 Å². The average molecular weight is 354 g/mol. The van der Waals surface area contributed by atoms with Gasteiger partial charge >= 0.3 is 0 Å². The Morgan fingerprint density at radius 2 is 2.00 bits per heavy atom. The van der Waals surface area contributed by atoms with Crippen LogP contribution in [0.15, 0.2) is 48.1 Å². The molecular formula is C19H22N4OS. The average Bonchev–Trinajstić information content (AvgIpc) is 3.29. The molecule has 1 saturated heterocycles. The molecule has 0 radical (unpaired) electrons. The van der Waals surface area contributed by atoms with Crippen molar-refractivity contribution in [1.29, 1.82) is 0 Å². The van der Waals surface area contributed by atoms with E-state index in [4.69, 9.17) is 0 Å². The fraction of sp³-hybridized carbons (Fsp3) is 0.368. The Hall–Kier alpha value is -2.18. The summed E-state index contributed by atoms with van der Waals surface area (Å²) >= 11 is 1.80. The Balaban J connectivity index is 1.26. The highest BCUT2D eigenvalue weighted by Crippen LogP contribution is 2.14. The molecule has 3 aromatic rings. The number of rotatable bonds is 5. The highest BCUT2D eigenvalue weighted by atomic mass is 32.1. The molecule has 4 rings (SSSR count). The molecule has 1 amide bonds. The number of carbonyl (C=O) groups excluding carboxylic acids is 1. The number of carbonyl (C=O) groups is 1. The quantitative estimate of drug-likeness (QED) is 0.707. The zero-order chi connectivity index (χ0) is 17.1. The van der Waals surface area contributed by atoms with Gasteiger partial charge in [-0.05, 0) is 30.0 Å². The molecule has 130 valence electrons. The van der Waals surface area contributed by atoms with Gasteiger partial charge in [-0.3, -0.25) is 9.69 Å². The summed E-state index contributed by atoms with van der Waals surface area (Å²) in [5.41, 5.74) is 1.92. The fourth-order valence-corrected chi connectivity index (χ4v) is 4.03. The van der Waals surface area contributed by atoms with Gasteiger partial charge < -0.3 is 9.30 Å². The van der Waals surface area contributed by atoms with E-state index in [0.717, 1.165) is 44.1 Å². The summed E-state index contributed by atoms with van der Waals surface area (Å²) in [6, 6.07) is 10.2. The zero-order valence-corrected chi connectivity index (χ0v) is 15.0. The van der Waals surface area contributed by atoms with Gasteiger partial charge in [0.05, 0.1) is 5.69 Å². The summed E-state index contributed by atoms with van der Waals surface area (Å²) in [6.45, 7) is 4.57. The van der Waals surface area contributed by atoms with E-state index in [2.05, 4.69) is 27.4 Å². The zero-order valence-electron chi connectivity index (χ0n) is 14.2. The van der Waals surface area contributed by atoms with Crippen LogP contribution in [0, 0.1) is 0 Å². The monoisotopic (exact) mass is 354 g/mol. The fourth-order valence-electron chi connectivity index (χ4n) is 3.28. The Bertz CT molecular complexity index is 801. The van der Waals surface area contributed by atoms with Gasteiger partial charge in [-0.2, -0.15) is 0 Å². The molecule has 0 atom stereocenters. The van der Waals surface area contributed by atoms with Crippen molar-refractivity contribution in [2.24, 2.45) is 0 Å². The van der Waals surface area contributed by atoms with Crippen molar-refractivity contribution in [1.82, 2.24) is 19.2 Å². The van der Waals surface area contributed by atoms with Crippen molar-refractivity contribution in [2.45, 2.75) is 19.4 Å². The smallest absolute Gasteiger partial charge is 0.223 e. The molecule has 3 aromatic heterocycles. The van der Waals surface area contributed by atoms with Crippen molar-refractivity contribution in [3.63, 3.8) is 0 Å². The summed E-state index contributed by atoms with van der Waals surface area (Å²) in [6.07, 6.45) is 5.24. The van der Waals surface area contributed by atoms with Crippen LogP contribution in [0.5, 0.6) is 0 Å². The minimum atomic E-state index is 0.243. The first-order valence-electron chi connectivity index (χ1n) is 8.73. The van der Waals surface area contributed by atoms with E-state index in [1.165, 1.54) is 4.88 Å². The van der Waals surface area contributed by atoms with Gasteiger partial charge in [0.15, 0.2) is 0 Å². The predicted molar refractivity (Wildman–Crippen MR) is 99.7 cm³/mol. The standard InChI is InChI=1S/C19H22N4OS/c24-19(7-6-16-14-23-8-2-1-5-18(23)20-16)22-11-9-21(10-12-22)15-17-4-3-13-25-17/h1-5,8,13-14H,6-7,9-12,15H2. The Morgan fingerprint density at radius 1 is 1.12 bits per heavy atom. The maximum Gasteiger partial charge on any atom is 0.223 e. The SMILES string of the molecule is O=C(CCc1cn2ccccc2n1)N1CCN(Cc2cccs2)CC1. The van der Waals surface area contributed by atoms with Crippen LogP contribution in [0.2, 0.25) is 0 Å². The second-order valence-corrected chi connectivity index (χ2v) is 7.47. The Labute approximate surface area is 151 Å². The van der Waals surface area contributed by atoms with Gasteiger partial charge in [-0.1, -0.05) is 12.1 Å². The molecule has 1 aliphatic heterocycles. The van der Waals surface area contributed by atoms with Crippen LogP contribution in [0.3, 0.4) is 0 Å². The minimum Gasteiger partial charge on any atom is -0.340 e. The van der Waals surface area contributed by atoms with Gasteiger partial charge in [0.1, 0.15) is 5.65 Å². The van der Waals surface area contributed by atoms with Crippen LogP contribution in [-0.4, -0.2) is 51.3 Å². The predicted octanol–water partition coefficient (Wildman–Crippen LogP) is 2.67. The highest BCUT2D eigenvalue weighted by Gasteiger charge is 2.21. The van der Waals surface area contributed by atoms with Crippen LogP contribution in [0.1, 0.15) is 17.0 Å². The van der Waals surface area contributed by atoms with Gasteiger partial charge in [0, 0.05) is 56.4 Å². The number of thiophene rings is 1. The summed E-state index contributed by atoms with van der Waals surface area (Å²) in [5, 5.41) is 2.12. The third-order valence-electron chi connectivity index (χ3n) is 4.69. The van der Waals surface area contributed by atoms with E-state index < -0.39 is 0 Å². The van der Waals surface area contributed by atoms with Crippen molar-refractivity contribution in [3.8, 4) is 0 Å². The number of imidazole rings is 1. The third-order valence-corrected chi connectivity index (χ3v) is 5.55. The Kier molecular flexibility index (Phi) is 4.81. The van der Waals surface area contributed by atoms with E-state index in [1.807, 2.05) is 39.9 Å².